The van der Waals surface area contributed by atoms with Crippen molar-refractivity contribution in [2.75, 3.05) is 13.1 Å². The van der Waals surface area contributed by atoms with Crippen LogP contribution < -0.4 is 16.4 Å². The third-order valence-electron chi connectivity index (χ3n) is 4.39. The minimum absolute atomic E-state index is 0.431. The van der Waals surface area contributed by atoms with Crippen LogP contribution in [-0.2, 0) is 13.0 Å². The Bertz CT molecular complexity index is 948. The van der Waals surface area contributed by atoms with Gasteiger partial charge in [0.05, 0.1) is 12.2 Å². The molecule has 0 unspecified atom stereocenters. The SMILES string of the molecule is CCNC(=NCc1cccc(C(N)=O)c1)NCCc1ccc(-n2cccn2)cc1. The lowest BCUT2D eigenvalue weighted by molar-refractivity contribution is 0.1000. The Morgan fingerprint density at radius 1 is 1.10 bits per heavy atom. The van der Waals surface area contributed by atoms with Crippen LogP contribution in [0, 0.1) is 0 Å². The van der Waals surface area contributed by atoms with Gasteiger partial charge in [0, 0.05) is 31.0 Å². The fourth-order valence-corrected chi connectivity index (χ4v) is 2.90. The second-order valence-electron chi connectivity index (χ2n) is 6.55. The van der Waals surface area contributed by atoms with Crippen molar-refractivity contribution in [2.45, 2.75) is 19.9 Å². The van der Waals surface area contributed by atoms with E-state index >= 15 is 0 Å². The number of hydrogen-bond donors (Lipinski definition) is 3. The maximum Gasteiger partial charge on any atom is 0.248 e. The van der Waals surface area contributed by atoms with E-state index < -0.39 is 5.91 Å². The molecule has 2 aromatic carbocycles. The zero-order valence-electron chi connectivity index (χ0n) is 16.5. The molecule has 0 fully saturated rings. The van der Waals surface area contributed by atoms with E-state index in [-0.39, 0.29) is 0 Å². The number of carbonyl (C=O) groups excluding carboxylic acids is 1. The predicted octanol–water partition coefficient (Wildman–Crippen LogP) is 2.27. The third kappa shape index (κ3) is 5.93. The number of aromatic nitrogens is 2. The van der Waals surface area contributed by atoms with Crippen molar-refractivity contribution in [1.82, 2.24) is 20.4 Å². The lowest BCUT2D eigenvalue weighted by atomic mass is 10.1. The molecule has 1 heterocycles. The molecule has 0 saturated heterocycles. The van der Waals surface area contributed by atoms with Gasteiger partial charge in [-0.1, -0.05) is 24.3 Å². The number of hydrogen-bond acceptors (Lipinski definition) is 3. The lowest BCUT2D eigenvalue weighted by Crippen LogP contribution is -2.38. The maximum atomic E-state index is 11.3. The fourth-order valence-electron chi connectivity index (χ4n) is 2.90. The minimum atomic E-state index is -0.431. The first kappa shape index (κ1) is 20.1. The van der Waals surface area contributed by atoms with Gasteiger partial charge in [-0.2, -0.15) is 5.10 Å². The molecule has 0 saturated carbocycles. The van der Waals surface area contributed by atoms with E-state index in [1.54, 1.807) is 18.3 Å². The average Bonchev–Trinajstić information content (AvgIpc) is 3.27. The van der Waals surface area contributed by atoms with Gasteiger partial charge in [-0.25, -0.2) is 9.67 Å². The Morgan fingerprint density at radius 3 is 2.62 bits per heavy atom. The highest BCUT2D eigenvalue weighted by molar-refractivity contribution is 5.92. The molecule has 7 nitrogen and oxygen atoms in total. The first-order valence-corrected chi connectivity index (χ1v) is 9.65. The molecule has 150 valence electrons. The summed E-state index contributed by atoms with van der Waals surface area (Å²) in [6.45, 7) is 4.02. The van der Waals surface area contributed by atoms with E-state index in [2.05, 4.69) is 45.0 Å². The minimum Gasteiger partial charge on any atom is -0.366 e. The number of primary amides is 1. The fraction of sp³-hybridized carbons (Fsp3) is 0.227. The van der Waals surface area contributed by atoms with Crippen LogP contribution in [0.25, 0.3) is 5.69 Å². The maximum absolute atomic E-state index is 11.3. The van der Waals surface area contributed by atoms with Gasteiger partial charge in [0.15, 0.2) is 5.96 Å². The summed E-state index contributed by atoms with van der Waals surface area (Å²) in [5.41, 5.74) is 9.05. The Labute approximate surface area is 170 Å². The summed E-state index contributed by atoms with van der Waals surface area (Å²) < 4.78 is 1.84. The molecule has 0 aliphatic carbocycles. The van der Waals surface area contributed by atoms with Gasteiger partial charge in [0.1, 0.15) is 0 Å². The van der Waals surface area contributed by atoms with E-state index in [1.165, 1.54) is 5.56 Å². The molecule has 0 atom stereocenters. The first-order valence-electron chi connectivity index (χ1n) is 9.65. The van der Waals surface area contributed by atoms with Gasteiger partial charge in [0.25, 0.3) is 0 Å². The number of rotatable bonds is 8. The van der Waals surface area contributed by atoms with Crippen molar-refractivity contribution < 1.29 is 4.79 Å². The summed E-state index contributed by atoms with van der Waals surface area (Å²) in [5.74, 6) is 0.310. The second kappa shape index (κ2) is 10.1. The van der Waals surface area contributed by atoms with Gasteiger partial charge in [-0.3, -0.25) is 4.79 Å². The average molecular weight is 390 g/mol. The molecule has 0 bridgehead atoms. The van der Waals surface area contributed by atoms with Crippen molar-refractivity contribution in [3.63, 3.8) is 0 Å². The molecule has 7 heteroatoms. The van der Waals surface area contributed by atoms with E-state index in [0.29, 0.717) is 12.1 Å². The summed E-state index contributed by atoms with van der Waals surface area (Å²) in [4.78, 5) is 15.9. The molecular weight excluding hydrogens is 364 g/mol. The van der Waals surface area contributed by atoms with Gasteiger partial charge in [-0.05, 0) is 54.8 Å². The molecule has 1 amide bonds. The number of carbonyl (C=O) groups is 1. The Balaban J connectivity index is 1.54. The zero-order chi connectivity index (χ0) is 20.5. The van der Waals surface area contributed by atoms with Crippen LogP contribution in [0.4, 0.5) is 0 Å². The number of nitrogens with two attached hydrogens (primary N) is 1. The smallest absolute Gasteiger partial charge is 0.248 e. The van der Waals surface area contributed by atoms with Crippen molar-refractivity contribution in [2.24, 2.45) is 10.7 Å². The molecule has 0 spiro atoms. The zero-order valence-corrected chi connectivity index (χ0v) is 16.5. The summed E-state index contributed by atoms with van der Waals surface area (Å²) in [5, 5.41) is 10.8. The number of nitrogens with zero attached hydrogens (tertiary/aromatic N) is 3. The third-order valence-corrected chi connectivity index (χ3v) is 4.39. The van der Waals surface area contributed by atoms with Crippen LogP contribution >= 0.6 is 0 Å². The van der Waals surface area contributed by atoms with Crippen LogP contribution in [0.3, 0.4) is 0 Å². The second-order valence-corrected chi connectivity index (χ2v) is 6.55. The highest BCUT2D eigenvalue weighted by Crippen LogP contribution is 2.09. The van der Waals surface area contributed by atoms with Crippen molar-refractivity contribution in [1.29, 1.82) is 0 Å². The van der Waals surface area contributed by atoms with Crippen LogP contribution in [0.1, 0.15) is 28.4 Å². The van der Waals surface area contributed by atoms with Crippen LogP contribution in [0.2, 0.25) is 0 Å². The normalized spacial score (nSPS) is 11.3. The lowest BCUT2D eigenvalue weighted by Gasteiger charge is -2.12. The van der Waals surface area contributed by atoms with E-state index in [1.807, 2.05) is 36.0 Å². The summed E-state index contributed by atoms with van der Waals surface area (Å²) in [6, 6.07) is 17.5. The number of aliphatic imine (C=N–C) groups is 1. The molecule has 3 aromatic rings. The quantitative estimate of drug-likeness (QED) is 0.406. The number of guanidine groups is 1. The Morgan fingerprint density at radius 2 is 1.93 bits per heavy atom. The number of amides is 1. The standard InChI is InChI=1S/C22H26N6O/c1-2-24-22(26-16-18-5-3-6-19(15-18)21(23)29)25-13-11-17-7-9-20(10-8-17)28-14-4-12-27-28/h3-10,12,14-15H,2,11,13,16H2,1H3,(H2,23,29)(H2,24,25,26). The van der Waals surface area contributed by atoms with Gasteiger partial charge >= 0.3 is 0 Å². The molecule has 0 radical (unpaired) electrons. The predicted molar refractivity (Wildman–Crippen MR) is 115 cm³/mol. The molecule has 4 N–H and O–H groups in total. The van der Waals surface area contributed by atoms with Crippen molar-refractivity contribution >= 4 is 11.9 Å². The first-order chi connectivity index (χ1) is 14.2. The van der Waals surface area contributed by atoms with Crippen LogP contribution in [0.5, 0.6) is 0 Å². The van der Waals surface area contributed by atoms with E-state index in [9.17, 15) is 4.79 Å². The van der Waals surface area contributed by atoms with Crippen molar-refractivity contribution in [3.05, 3.63) is 83.7 Å². The molecule has 29 heavy (non-hydrogen) atoms. The van der Waals surface area contributed by atoms with Crippen LogP contribution in [0.15, 0.2) is 72.0 Å². The Hall–Kier alpha value is -3.61. The molecule has 0 aliphatic rings. The Kier molecular flexibility index (Phi) is 7.00. The molecule has 1 aromatic heterocycles. The summed E-state index contributed by atoms with van der Waals surface area (Å²) >= 11 is 0. The van der Waals surface area contributed by atoms with Gasteiger partial charge in [0.2, 0.25) is 5.91 Å². The van der Waals surface area contributed by atoms with Gasteiger partial charge < -0.3 is 16.4 Å². The van der Waals surface area contributed by atoms with Gasteiger partial charge in [-0.15, -0.1) is 0 Å². The van der Waals surface area contributed by atoms with E-state index in [4.69, 9.17) is 5.73 Å². The highest BCUT2D eigenvalue weighted by Gasteiger charge is 2.03. The van der Waals surface area contributed by atoms with Crippen molar-refractivity contribution in [3.8, 4) is 5.69 Å². The highest BCUT2D eigenvalue weighted by atomic mass is 16.1. The summed E-state index contributed by atoms with van der Waals surface area (Å²) in [6.07, 6.45) is 4.57. The summed E-state index contributed by atoms with van der Waals surface area (Å²) in [7, 11) is 0. The van der Waals surface area contributed by atoms with Crippen LogP contribution in [-0.4, -0.2) is 34.7 Å². The molecule has 3 rings (SSSR count). The largest absolute Gasteiger partial charge is 0.366 e. The number of nitrogens with one attached hydrogen (secondary N) is 2. The number of benzene rings is 2. The van der Waals surface area contributed by atoms with E-state index in [0.717, 1.165) is 36.7 Å². The topological polar surface area (TPSA) is 97.3 Å². The molecule has 0 aliphatic heterocycles. The molecular formula is C22H26N6O. The monoisotopic (exact) mass is 390 g/mol.